The summed E-state index contributed by atoms with van der Waals surface area (Å²) in [6, 6.07) is 14.3. The van der Waals surface area contributed by atoms with Crippen LogP contribution in [0.15, 0.2) is 79.9 Å². The molecule has 7 atom stereocenters. The Morgan fingerprint density at radius 1 is 1.12 bits per heavy atom. The van der Waals surface area contributed by atoms with Gasteiger partial charge in [0.25, 0.3) is 5.91 Å². The molecule has 3 aliphatic rings. The molecule has 5 rings (SSSR count). The van der Waals surface area contributed by atoms with Crippen LogP contribution in [0.2, 0.25) is 5.02 Å². The highest BCUT2D eigenvalue weighted by Crippen LogP contribution is 2.59. The van der Waals surface area contributed by atoms with E-state index in [0.29, 0.717) is 54.8 Å². The van der Waals surface area contributed by atoms with Crippen molar-refractivity contribution in [1.82, 2.24) is 10.2 Å². The Balaban J connectivity index is 1.49. The van der Waals surface area contributed by atoms with Crippen molar-refractivity contribution in [3.8, 4) is 0 Å². The number of rotatable bonds is 19. The predicted molar refractivity (Wildman–Crippen MR) is 193 cm³/mol. The number of unbranched alkanes of at least 4 members (excludes halogenated alkanes) is 2. The van der Waals surface area contributed by atoms with Crippen LogP contribution in [-0.2, 0) is 33.4 Å². The zero-order chi connectivity index (χ0) is 36.5. The lowest BCUT2D eigenvalue weighted by atomic mass is 9.70. The fourth-order valence-electron chi connectivity index (χ4n) is 7.89. The molecule has 0 unspecified atom stereocenters. The molecule has 0 aromatic heterocycles. The lowest BCUT2D eigenvalue weighted by molar-refractivity contribution is -0.163. The largest absolute Gasteiger partial charge is 0.455 e. The second-order valence-electron chi connectivity index (χ2n) is 13.3. The number of methoxy groups -OCH3 is 1. The zero-order valence-electron chi connectivity index (χ0n) is 29.1. The van der Waals surface area contributed by atoms with Crippen LogP contribution in [-0.4, -0.2) is 90.9 Å². The van der Waals surface area contributed by atoms with E-state index in [1.807, 2.05) is 30.3 Å². The minimum atomic E-state index is -1.27. The fraction of sp³-hybridized carbons (Fsp3) is 0.487. The van der Waals surface area contributed by atoms with Crippen molar-refractivity contribution in [1.29, 1.82) is 0 Å². The van der Waals surface area contributed by atoms with Gasteiger partial charge in [0.15, 0.2) is 0 Å². The van der Waals surface area contributed by atoms with Crippen molar-refractivity contribution >= 4 is 41.0 Å². The highest BCUT2D eigenvalue weighted by molar-refractivity contribution is 6.34. The van der Waals surface area contributed by atoms with Crippen LogP contribution >= 0.6 is 11.6 Å². The molecular weight excluding hydrogens is 674 g/mol. The van der Waals surface area contributed by atoms with Crippen LogP contribution in [0, 0.1) is 11.8 Å². The number of allylic oxidation sites excluding steroid dienone is 1. The van der Waals surface area contributed by atoms with Crippen LogP contribution in [0.4, 0.5) is 5.69 Å². The molecule has 0 radical (unpaired) electrons. The van der Waals surface area contributed by atoms with E-state index in [1.54, 1.807) is 41.3 Å². The number of likely N-dealkylation sites (tertiary alicyclic amines) is 1. The molecule has 2 aromatic rings. The summed E-state index contributed by atoms with van der Waals surface area (Å²) in [6.45, 7) is 8.00. The molecule has 3 aliphatic heterocycles. The number of carbonyl (C=O) groups excluding carboxylic acids is 4. The number of aliphatic hydroxyl groups excluding tert-OH is 1. The Hall–Kier alpha value is -4.03. The number of hydrogen-bond donors (Lipinski definition) is 2. The molecule has 3 heterocycles. The van der Waals surface area contributed by atoms with Crippen molar-refractivity contribution in [3.05, 3.63) is 90.5 Å². The second kappa shape index (κ2) is 17.5. The number of ether oxygens (including phenoxy) is 3. The van der Waals surface area contributed by atoms with Crippen LogP contribution in [0.1, 0.15) is 56.6 Å². The highest BCUT2D eigenvalue weighted by atomic mass is 35.5. The quantitative estimate of drug-likeness (QED) is 0.120. The van der Waals surface area contributed by atoms with Gasteiger partial charge < -0.3 is 34.4 Å². The molecule has 2 N–H and O–H groups in total. The average molecular weight is 722 g/mol. The summed E-state index contributed by atoms with van der Waals surface area (Å²) in [5.41, 5.74) is -0.148. The number of nitrogens with one attached hydrogen (secondary N) is 1. The van der Waals surface area contributed by atoms with Gasteiger partial charge in [0.05, 0.1) is 41.3 Å². The van der Waals surface area contributed by atoms with Gasteiger partial charge in [-0.25, -0.2) is 0 Å². The number of esters is 1. The van der Waals surface area contributed by atoms with Gasteiger partial charge in [0.1, 0.15) is 17.7 Å². The number of anilines is 1. The maximum atomic E-state index is 14.8. The van der Waals surface area contributed by atoms with E-state index in [1.165, 1.54) is 12.0 Å². The monoisotopic (exact) mass is 721 g/mol. The Labute approximate surface area is 304 Å². The van der Waals surface area contributed by atoms with Gasteiger partial charge in [-0.05, 0) is 56.2 Å². The topological polar surface area (TPSA) is 135 Å². The average Bonchev–Trinajstić information content (AvgIpc) is 3.78. The van der Waals surface area contributed by atoms with Gasteiger partial charge in [0.2, 0.25) is 11.8 Å². The number of amides is 3. The van der Waals surface area contributed by atoms with E-state index in [2.05, 4.69) is 18.5 Å². The number of carbonyl (C=O) groups is 4. The van der Waals surface area contributed by atoms with E-state index >= 15 is 0 Å². The number of benzene rings is 2. The molecule has 3 saturated heterocycles. The number of fused-ring (bicyclic) bond motifs is 1. The SMILES string of the molecule is C=CCCC(=O)N[C@H](COC)[C@H](OC(=O)[C@@H]1[C@H]2C(=O)N(CCCCCO)[C@H](C(=O)N(CC=C)c3ccccc3Cl)[C@]23CC[C@H]1O3)c1ccccc1. The molecule has 1 spiro atoms. The summed E-state index contributed by atoms with van der Waals surface area (Å²) in [5.74, 6) is -3.56. The van der Waals surface area contributed by atoms with Gasteiger partial charge in [0, 0.05) is 33.2 Å². The predicted octanol–water partition coefficient (Wildman–Crippen LogP) is 4.78. The second-order valence-corrected chi connectivity index (χ2v) is 13.7. The molecule has 11 nitrogen and oxygen atoms in total. The minimum absolute atomic E-state index is 0.0164. The van der Waals surface area contributed by atoms with Gasteiger partial charge in [-0.1, -0.05) is 66.2 Å². The normalized spacial score (nSPS) is 24.5. The molecule has 3 amide bonds. The molecule has 2 bridgehead atoms. The first-order valence-corrected chi connectivity index (χ1v) is 18.0. The smallest absolute Gasteiger partial charge is 0.313 e. The van der Waals surface area contributed by atoms with E-state index in [4.69, 9.17) is 25.8 Å². The van der Waals surface area contributed by atoms with Gasteiger partial charge in [-0.15, -0.1) is 13.2 Å². The summed E-state index contributed by atoms with van der Waals surface area (Å²) in [7, 11) is 1.50. The Morgan fingerprint density at radius 2 is 1.86 bits per heavy atom. The maximum Gasteiger partial charge on any atom is 0.313 e. The first-order valence-electron chi connectivity index (χ1n) is 17.6. The van der Waals surface area contributed by atoms with Crippen molar-refractivity contribution in [3.63, 3.8) is 0 Å². The number of nitrogens with zero attached hydrogens (tertiary/aromatic N) is 2. The number of hydrogen-bond acceptors (Lipinski definition) is 8. The van der Waals surface area contributed by atoms with Gasteiger partial charge in [-0.3, -0.25) is 19.2 Å². The molecule has 0 aliphatic carbocycles. The maximum absolute atomic E-state index is 14.8. The third-order valence-corrected chi connectivity index (χ3v) is 10.4. The van der Waals surface area contributed by atoms with Gasteiger partial charge in [-0.2, -0.15) is 0 Å². The van der Waals surface area contributed by atoms with Crippen LogP contribution in [0.5, 0.6) is 0 Å². The summed E-state index contributed by atoms with van der Waals surface area (Å²) in [6.07, 6.45) is 4.96. The zero-order valence-corrected chi connectivity index (χ0v) is 29.8. The third-order valence-electron chi connectivity index (χ3n) is 10.1. The first kappa shape index (κ1) is 38.2. The van der Waals surface area contributed by atoms with Crippen molar-refractivity contribution in [2.75, 3.05) is 38.3 Å². The first-order chi connectivity index (χ1) is 24.7. The Morgan fingerprint density at radius 3 is 2.55 bits per heavy atom. The number of halogens is 1. The summed E-state index contributed by atoms with van der Waals surface area (Å²) < 4.78 is 18.4. The number of aliphatic hydroxyl groups is 1. The lowest BCUT2D eigenvalue weighted by Crippen LogP contribution is -2.56. The van der Waals surface area contributed by atoms with Crippen LogP contribution in [0.25, 0.3) is 0 Å². The molecule has 12 heteroatoms. The summed E-state index contributed by atoms with van der Waals surface area (Å²) in [4.78, 5) is 59.7. The van der Waals surface area contributed by atoms with Crippen molar-refractivity contribution in [2.24, 2.45) is 11.8 Å². The van der Waals surface area contributed by atoms with E-state index in [-0.39, 0.29) is 50.4 Å². The molecule has 2 aromatic carbocycles. The minimum Gasteiger partial charge on any atom is -0.455 e. The standard InChI is InChI=1S/C39H48ClN3O8/c1-4-6-19-31(45)41-28(25-49-3)34(26-15-9-7-10-16-26)50-38(48)32-30-20-21-39(51-30)33(32)36(46)43(23-13-8-14-24-44)35(39)37(47)42(22-5-2)29-18-12-11-17-27(29)40/h4-5,7,9-12,15-18,28,30,32-35,44H,1-2,6,8,13-14,19-25H2,3H3,(H,41,45)/t28-,30-,32+,33+,34-,35-,39+/m1/s1. The van der Waals surface area contributed by atoms with E-state index in [0.717, 1.165) is 0 Å². The molecular formula is C39H48ClN3O8. The van der Waals surface area contributed by atoms with Crippen molar-refractivity contribution < 1.29 is 38.5 Å². The Bertz CT molecular complexity index is 1570. The third kappa shape index (κ3) is 7.91. The summed E-state index contributed by atoms with van der Waals surface area (Å²) >= 11 is 6.58. The molecule has 51 heavy (non-hydrogen) atoms. The molecule has 274 valence electrons. The van der Waals surface area contributed by atoms with Crippen LogP contribution < -0.4 is 10.2 Å². The highest BCUT2D eigenvalue weighted by Gasteiger charge is 2.75. The Kier molecular flexibility index (Phi) is 13.1. The van der Waals surface area contributed by atoms with E-state index in [9.17, 15) is 24.3 Å². The van der Waals surface area contributed by atoms with E-state index < -0.39 is 47.7 Å². The number of para-hydroxylation sites is 1. The molecule has 3 fully saturated rings. The fourth-order valence-corrected chi connectivity index (χ4v) is 8.13. The van der Waals surface area contributed by atoms with Crippen molar-refractivity contribution in [2.45, 2.75) is 74.8 Å². The lowest BCUT2D eigenvalue weighted by Gasteiger charge is -2.37. The van der Waals surface area contributed by atoms with Gasteiger partial charge >= 0.3 is 5.97 Å². The summed E-state index contributed by atoms with van der Waals surface area (Å²) in [5, 5.41) is 12.7. The van der Waals surface area contributed by atoms with Crippen LogP contribution in [0.3, 0.4) is 0 Å². The molecule has 0 saturated carbocycles.